The average molecular weight is 331 g/mol. The molecular weight excluding hydrogens is 316 g/mol. The summed E-state index contributed by atoms with van der Waals surface area (Å²) in [5.41, 5.74) is 2.07. The van der Waals surface area contributed by atoms with Crippen molar-refractivity contribution in [3.63, 3.8) is 0 Å². The minimum Gasteiger partial charge on any atom is -0.306 e. The Morgan fingerprint density at radius 2 is 2.09 bits per heavy atom. The van der Waals surface area contributed by atoms with Crippen molar-refractivity contribution in [2.75, 3.05) is 0 Å². The standard InChI is InChI=1S/C17H15ClN2OS/c1-9-2-7-12-13(8-9)22-17-14(12)16(21)19-15(20-17)10-3-5-11(18)6-4-10/h3-6,9H,2,7-8H2,1H3,(H,19,20,21). The van der Waals surface area contributed by atoms with Gasteiger partial charge in [0.25, 0.3) is 5.56 Å². The Kier molecular flexibility index (Phi) is 3.31. The van der Waals surface area contributed by atoms with E-state index in [1.165, 1.54) is 10.4 Å². The van der Waals surface area contributed by atoms with Gasteiger partial charge in [-0.05, 0) is 55.0 Å². The first-order valence-electron chi connectivity index (χ1n) is 7.42. The van der Waals surface area contributed by atoms with Gasteiger partial charge in [0.05, 0.1) is 5.39 Å². The number of thiophene rings is 1. The summed E-state index contributed by atoms with van der Waals surface area (Å²) < 4.78 is 0. The minimum absolute atomic E-state index is 0.0259. The topological polar surface area (TPSA) is 45.8 Å². The van der Waals surface area contributed by atoms with Crippen LogP contribution in [0.25, 0.3) is 21.6 Å². The van der Waals surface area contributed by atoms with Crippen LogP contribution in [-0.4, -0.2) is 9.97 Å². The van der Waals surface area contributed by atoms with Gasteiger partial charge in [0.2, 0.25) is 0 Å². The van der Waals surface area contributed by atoms with E-state index >= 15 is 0 Å². The molecule has 0 saturated carbocycles. The summed E-state index contributed by atoms with van der Waals surface area (Å²) in [7, 11) is 0. The molecule has 2 aromatic heterocycles. The Bertz CT molecular complexity index is 911. The molecule has 2 heterocycles. The van der Waals surface area contributed by atoms with Gasteiger partial charge in [-0.3, -0.25) is 4.79 Å². The molecule has 0 amide bonds. The second-order valence-electron chi connectivity index (χ2n) is 5.95. The first kappa shape index (κ1) is 14.0. The maximum absolute atomic E-state index is 12.5. The molecule has 0 spiro atoms. The summed E-state index contributed by atoms with van der Waals surface area (Å²) >= 11 is 7.59. The van der Waals surface area contributed by atoms with Crippen molar-refractivity contribution in [3.05, 3.63) is 50.1 Å². The molecule has 0 fully saturated rings. The van der Waals surface area contributed by atoms with E-state index in [1.807, 2.05) is 24.3 Å². The maximum Gasteiger partial charge on any atom is 0.260 e. The highest BCUT2D eigenvalue weighted by Crippen LogP contribution is 2.36. The van der Waals surface area contributed by atoms with Crippen molar-refractivity contribution < 1.29 is 0 Å². The molecule has 3 aromatic rings. The molecule has 1 unspecified atom stereocenters. The van der Waals surface area contributed by atoms with Crippen molar-refractivity contribution in [2.45, 2.75) is 26.2 Å². The highest BCUT2D eigenvalue weighted by atomic mass is 35.5. The van der Waals surface area contributed by atoms with Gasteiger partial charge in [0.15, 0.2) is 0 Å². The van der Waals surface area contributed by atoms with E-state index in [1.54, 1.807) is 11.3 Å². The van der Waals surface area contributed by atoms with Crippen LogP contribution in [0.4, 0.5) is 0 Å². The van der Waals surface area contributed by atoms with E-state index in [2.05, 4.69) is 16.9 Å². The lowest BCUT2D eigenvalue weighted by Gasteiger charge is -2.17. The molecule has 0 radical (unpaired) electrons. The van der Waals surface area contributed by atoms with Crippen LogP contribution < -0.4 is 5.56 Å². The molecule has 112 valence electrons. The summed E-state index contributed by atoms with van der Waals surface area (Å²) in [6.45, 7) is 2.27. The molecule has 22 heavy (non-hydrogen) atoms. The number of benzene rings is 1. The Balaban J connectivity index is 1.90. The molecule has 1 aliphatic carbocycles. The van der Waals surface area contributed by atoms with Crippen LogP contribution in [0.1, 0.15) is 23.8 Å². The molecular formula is C17H15ClN2OS. The normalized spacial score (nSPS) is 17.6. The number of H-pyrrole nitrogens is 1. The Labute approximate surface area is 137 Å². The number of nitrogens with one attached hydrogen (secondary N) is 1. The SMILES string of the molecule is CC1CCc2c(sc3nc(-c4ccc(Cl)cc4)[nH]c(=O)c23)C1. The summed E-state index contributed by atoms with van der Waals surface area (Å²) in [4.78, 5) is 22.3. The Morgan fingerprint density at radius 3 is 2.86 bits per heavy atom. The highest BCUT2D eigenvalue weighted by Gasteiger charge is 2.23. The van der Waals surface area contributed by atoms with E-state index in [0.29, 0.717) is 16.8 Å². The van der Waals surface area contributed by atoms with Gasteiger partial charge in [-0.15, -0.1) is 11.3 Å². The van der Waals surface area contributed by atoms with Gasteiger partial charge in [0, 0.05) is 15.5 Å². The van der Waals surface area contributed by atoms with Crippen LogP contribution in [0.3, 0.4) is 0 Å². The Morgan fingerprint density at radius 1 is 1.32 bits per heavy atom. The van der Waals surface area contributed by atoms with Crippen LogP contribution in [0.2, 0.25) is 5.02 Å². The average Bonchev–Trinajstić information content (AvgIpc) is 2.85. The molecule has 0 aliphatic heterocycles. The van der Waals surface area contributed by atoms with Crippen LogP contribution in [0.5, 0.6) is 0 Å². The molecule has 1 aliphatic rings. The molecule has 1 atom stereocenters. The highest BCUT2D eigenvalue weighted by molar-refractivity contribution is 7.18. The lowest BCUT2D eigenvalue weighted by Crippen LogP contribution is -2.13. The van der Waals surface area contributed by atoms with Crippen LogP contribution in [0.15, 0.2) is 29.1 Å². The smallest absolute Gasteiger partial charge is 0.260 e. The molecule has 5 heteroatoms. The van der Waals surface area contributed by atoms with Gasteiger partial charge < -0.3 is 4.98 Å². The van der Waals surface area contributed by atoms with Crippen molar-refractivity contribution in [3.8, 4) is 11.4 Å². The first-order chi connectivity index (χ1) is 10.6. The number of aromatic nitrogens is 2. The third-order valence-electron chi connectivity index (χ3n) is 4.28. The van der Waals surface area contributed by atoms with E-state index in [-0.39, 0.29) is 5.56 Å². The number of aryl methyl sites for hydroxylation is 1. The molecule has 4 rings (SSSR count). The lowest BCUT2D eigenvalue weighted by molar-refractivity contribution is 0.509. The largest absolute Gasteiger partial charge is 0.306 e. The number of hydrogen-bond donors (Lipinski definition) is 1. The summed E-state index contributed by atoms with van der Waals surface area (Å²) in [6, 6.07) is 7.37. The predicted octanol–water partition coefficient (Wildman–Crippen LogP) is 4.43. The van der Waals surface area contributed by atoms with Gasteiger partial charge in [-0.2, -0.15) is 0 Å². The van der Waals surface area contributed by atoms with Crippen molar-refractivity contribution in [1.82, 2.24) is 9.97 Å². The summed E-state index contributed by atoms with van der Waals surface area (Å²) in [5.74, 6) is 1.30. The molecule has 1 aromatic carbocycles. The Hall–Kier alpha value is -1.65. The van der Waals surface area contributed by atoms with E-state index in [0.717, 1.165) is 35.0 Å². The molecule has 0 saturated heterocycles. The van der Waals surface area contributed by atoms with E-state index in [4.69, 9.17) is 11.6 Å². The summed E-state index contributed by atoms with van der Waals surface area (Å²) in [6.07, 6.45) is 3.20. The molecule has 0 bridgehead atoms. The fourth-order valence-corrected chi connectivity index (χ4v) is 4.60. The van der Waals surface area contributed by atoms with Crippen LogP contribution >= 0.6 is 22.9 Å². The number of aromatic amines is 1. The number of fused-ring (bicyclic) bond motifs is 3. The fraction of sp³-hybridized carbons (Fsp3) is 0.294. The number of hydrogen-bond acceptors (Lipinski definition) is 3. The zero-order valence-electron chi connectivity index (χ0n) is 12.1. The molecule has 3 nitrogen and oxygen atoms in total. The van der Waals surface area contributed by atoms with Crippen molar-refractivity contribution >= 4 is 33.2 Å². The predicted molar refractivity (Wildman–Crippen MR) is 91.9 cm³/mol. The van der Waals surface area contributed by atoms with Crippen molar-refractivity contribution in [2.24, 2.45) is 5.92 Å². The monoisotopic (exact) mass is 330 g/mol. The second-order valence-corrected chi connectivity index (χ2v) is 7.47. The third-order valence-corrected chi connectivity index (χ3v) is 5.68. The maximum atomic E-state index is 12.5. The van der Waals surface area contributed by atoms with Crippen LogP contribution in [-0.2, 0) is 12.8 Å². The quantitative estimate of drug-likeness (QED) is 0.717. The third kappa shape index (κ3) is 2.27. The second kappa shape index (κ2) is 5.21. The summed E-state index contributed by atoms with van der Waals surface area (Å²) in [5, 5.41) is 1.47. The first-order valence-corrected chi connectivity index (χ1v) is 8.62. The van der Waals surface area contributed by atoms with Crippen molar-refractivity contribution in [1.29, 1.82) is 0 Å². The van der Waals surface area contributed by atoms with Crippen LogP contribution in [0, 0.1) is 5.92 Å². The minimum atomic E-state index is -0.0259. The van der Waals surface area contributed by atoms with Gasteiger partial charge >= 0.3 is 0 Å². The van der Waals surface area contributed by atoms with E-state index in [9.17, 15) is 4.79 Å². The molecule has 1 N–H and O–H groups in total. The number of halogens is 1. The van der Waals surface area contributed by atoms with Gasteiger partial charge in [-0.1, -0.05) is 18.5 Å². The zero-order chi connectivity index (χ0) is 15.3. The number of nitrogens with zero attached hydrogens (tertiary/aromatic N) is 1. The van der Waals surface area contributed by atoms with Gasteiger partial charge in [0.1, 0.15) is 10.7 Å². The zero-order valence-corrected chi connectivity index (χ0v) is 13.7. The lowest BCUT2D eigenvalue weighted by atomic mass is 9.89. The van der Waals surface area contributed by atoms with Gasteiger partial charge in [-0.25, -0.2) is 4.98 Å². The van der Waals surface area contributed by atoms with E-state index < -0.39 is 0 Å². The number of rotatable bonds is 1. The fourth-order valence-electron chi connectivity index (χ4n) is 3.09.